The third-order valence-corrected chi connectivity index (χ3v) is 2.24. The zero-order chi connectivity index (χ0) is 12.1. The van der Waals surface area contributed by atoms with Crippen molar-refractivity contribution in [1.29, 1.82) is 0 Å². The molecule has 0 aliphatic carbocycles. The molecule has 1 aliphatic rings. The molecule has 0 aromatic heterocycles. The molecule has 2 rings (SSSR count). The maximum absolute atomic E-state index is 10.9. The minimum Gasteiger partial charge on any atom is -0.478 e. The first-order valence-corrected chi connectivity index (χ1v) is 5.17. The van der Waals surface area contributed by atoms with Crippen molar-refractivity contribution in [3.63, 3.8) is 0 Å². The van der Waals surface area contributed by atoms with Crippen LogP contribution in [0.1, 0.15) is 15.9 Å². The molecule has 88 valence electrons. The molecule has 0 amide bonds. The molecule has 1 aromatic rings. The molecular weight excluding hydrogens is 220 g/mol. The summed E-state index contributed by atoms with van der Waals surface area (Å²) in [6.07, 6.45) is 1.46. The number of benzene rings is 1. The summed E-state index contributed by atoms with van der Waals surface area (Å²) in [5, 5.41) is 15.9. The Kier molecular flexibility index (Phi) is 3.34. The van der Waals surface area contributed by atoms with Gasteiger partial charge in [0.05, 0.1) is 18.3 Å². The molecule has 3 N–H and O–H groups in total. The van der Waals surface area contributed by atoms with Crippen LogP contribution in [0.5, 0.6) is 0 Å². The summed E-state index contributed by atoms with van der Waals surface area (Å²) in [6, 6.07) is 6.67. The van der Waals surface area contributed by atoms with Gasteiger partial charge >= 0.3 is 5.97 Å². The van der Waals surface area contributed by atoms with Crippen LogP contribution in [0.25, 0.3) is 0 Å². The molecule has 0 saturated carbocycles. The Labute approximate surface area is 98.1 Å². The Morgan fingerprint density at radius 3 is 3.06 bits per heavy atom. The minimum atomic E-state index is -0.969. The predicted molar refractivity (Wildman–Crippen MR) is 64.4 cm³/mol. The number of carboxylic acids is 1. The van der Waals surface area contributed by atoms with Crippen LogP contribution >= 0.6 is 0 Å². The Morgan fingerprint density at radius 2 is 2.35 bits per heavy atom. The average molecular weight is 232 g/mol. The lowest BCUT2D eigenvalue weighted by Crippen LogP contribution is -2.30. The highest BCUT2D eigenvalue weighted by Gasteiger charge is 2.07. The van der Waals surface area contributed by atoms with E-state index in [1.807, 2.05) is 0 Å². The first-order valence-electron chi connectivity index (χ1n) is 5.17. The fraction of sp³-hybridized carbons (Fsp3) is 0.182. The van der Waals surface area contributed by atoms with E-state index in [0.717, 1.165) is 13.1 Å². The smallest absolute Gasteiger partial charge is 0.336 e. The maximum Gasteiger partial charge on any atom is 0.336 e. The Morgan fingerprint density at radius 1 is 1.53 bits per heavy atom. The van der Waals surface area contributed by atoms with Crippen molar-refractivity contribution < 1.29 is 9.90 Å². The zero-order valence-corrected chi connectivity index (χ0v) is 9.05. The third kappa shape index (κ3) is 2.81. The monoisotopic (exact) mass is 232 g/mol. The van der Waals surface area contributed by atoms with Crippen molar-refractivity contribution in [3.8, 4) is 0 Å². The average Bonchev–Trinajstić information content (AvgIpc) is 2.82. The van der Waals surface area contributed by atoms with E-state index in [1.54, 1.807) is 18.2 Å². The van der Waals surface area contributed by atoms with E-state index in [2.05, 4.69) is 20.8 Å². The van der Waals surface area contributed by atoms with Gasteiger partial charge in [-0.05, 0) is 6.07 Å². The summed E-state index contributed by atoms with van der Waals surface area (Å²) < 4.78 is 0. The van der Waals surface area contributed by atoms with Gasteiger partial charge in [0.25, 0.3) is 0 Å². The number of nitrogens with one attached hydrogen (secondary N) is 2. The number of guanidine groups is 1. The first kappa shape index (κ1) is 11.1. The quantitative estimate of drug-likeness (QED) is 0.515. The van der Waals surface area contributed by atoms with E-state index in [-0.39, 0.29) is 5.56 Å². The topological polar surface area (TPSA) is 86.1 Å². The van der Waals surface area contributed by atoms with Gasteiger partial charge in [-0.2, -0.15) is 5.10 Å². The van der Waals surface area contributed by atoms with Crippen LogP contribution in [-0.4, -0.2) is 36.3 Å². The predicted octanol–water partition coefficient (Wildman–Crippen LogP) is 0.267. The van der Waals surface area contributed by atoms with Gasteiger partial charge in [-0.1, -0.05) is 18.2 Å². The minimum absolute atomic E-state index is 0.222. The molecule has 0 bridgehead atoms. The second kappa shape index (κ2) is 5.11. The van der Waals surface area contributed by atoms with Crippen molar-refractivity contribution in [2.75, 3.05) is 13.1 Å². The highest BCUT2D eigenvalue weighted by molar-refractivity contribution is 5.98. The molecule has 0 saturated heterocycles. The SMILES string of the molecule is O=C(O)c1ccccc1/C=N\NC1=NCCN1. The fourth-order valence-corrected chi connectivity index (χ4v) is 1.44. The highest BCUT2D eigenvalue weighted by atomic mass is 16.4. The number of aromatic carboxylic acids is 1. The van der Waals surface area contributed by atoms with Gasteiger partial charge in [0.2, 0.25) is 5.96 Å². The van der Waals surface area contributed by atoms with Crippen LogP contribution in [0.3, 0.4) is 0 Å². The van der Waals surface area contributed by atoms with Gasteiger partial charge < -0.3 is 10.4 Å². The number of hydrogen-bond donors (Lipinski definition) is 3. The standard InChI is InChI=1S/C11H12N4O2/c16-10(17)9-4-2-1-3-8(9)7-14-15-11-12-5-6-13-11/h1-4,7H,5-6H2,(H,16,17)(H2,12,13,15)/b14-7-. The number of nitrogens with zero attached hydrogens (tertiary/aromatic N) is 2. The van der Waals surface area contributed by atoms with E-state index in [0.29, 0.717) is 11.5 Å². The van der Waals surface area contributed by atoms with Crippen LogP contribution in [-0.2, 0) is 0 Å². The molecule has 0 unspecified atom stereocenters. The number of hydrogen-bond acceptors (Lipinski definition) is 5. The van der Waals surface area contributed by atoms with Crippen LogP contribution in [0.15, 0.2) is 34.4 Å². The number of aliphatic imine (C=N–C) groups is 1. The summed E-state index contributed by atoms with van der Waals surface area (Å²) in [5.41, 5.74) is 3.48. The lowest BCUT2D eigenvalue weighted by molar-refractivity contribution is 0.0697. The van der Waals surface area contributed by atoms with Crippen molar-refractivity contribution in [2.24, 2.45) is 10.1 Å². The van der Waals surface area contributed by atoms with Crippen LogP contribution in [0.2, 0.25) is 0 Å². The zero-order valence-electron chi connectivity index (χ0n) is 9.05. The van der Waals surface area contributed by atoms with E-state index in [9.17, 15) is 4.79 Å². The van der Waals surface area contributed by atoms with Crippen LogP contribution in [0, 0.1) is 0 Å². The van der Waals surface area contributed by atoms with Gasteiger partial charge in [0.1, 0.15) is 0 Å². The molecule has 0 fully saturated rings. The summed E-state index contributed by atoms with van der Waals surface area (Å²) in [7, 11) is 0. The van der Waals surface area contributed by atoms with Gasteiger partial charge in [0.15, 0.2) is 0 Å². The second-order valence-corrected chi connectivity index (χ2v) is 3.42. The first-order chi connectivity index (χ1) is 8.27. The molecule has 6 heteroatoms. The highest BCUT2D eigenvalue weighted by Crippen LogP contribution is 2.05. The van der Waals surface area contributed by atoms with Crippen molar-refractivity contribution >= 4 is 18.1 Å². The summed E-state index contributed by atoms with van der Waals surface area (Å²) in [6.45, 7) is 1.52. The largest absolute Gasteiger partial charge is 0.478 e. The van der Waals surface area contributed by atoms with Gasteiger partial charge in [-0.25, -0.2) is 15.2 Å². The maximum atomic E-state index is 10.9. The lowest BCUT2D eigenvalue weighted by atomic mass is 10.1. The van der Waals surface area contributed by atoms with Crippen molar-refractivity contribution in [1.82, 2.24) is 10.7 Å². The Bertz CT molecular complexity index is 482. The van der Waals surface area contributed by atoms with Crippen molar-refractivity contribution in [3.05, 3.63) is 35.4 Å². The number of hydrazone groups is 1. The van der Waals surface area contributed by atoms with Crippen LogP contribution < -0.4 is 10.7 Å². The summed E-state index contributed by atoms with van der Waals surface area (Å²) in [5.74, 6) is -0.363. The molecule has 0 atom stereocenters. The van der Waals surface area contributed by atoms with E-state index in [1.165, 1.54) is 12.3 Å². The van der Waals surface area contributed by atoms with Crippen molar-refractivity contribution in [2.45, 2.75) is 0 Å². The van der Waals surface area contributed by atoms with Gasteiger partial charge in [-0.3, -0.25) is 0 Å². The van der Waals surface area contributed by atoms with Gasteiger partial charge in [0, 0.05) is 12.1 Å². The molecule has 1 aromatic carbocycles. The summed E-state index contributed by atoms with van der Waals surface area (Å²) >= 11 is 0. The Hall–Kier alpha value is -2.37. The Balaban J connectivity index is 2.07. The molecule has 17 heavy (non-hydrogen) atoms. The molecule has 0 spiro atoms. The van der Waals surface area contributed by atoms with Gasteiger partial charge in [-0.15, -0.1) is 0 Å². The lowest BCUT2D eigenvalue weighted by Gasteiger charge is -2.01. The van der Waals surface area contributed by atoms with Crippen LogP contribution in [0.4, 0.5) is 0 Å². The van der Waals surface area contributed by atoms with E-state index < -0.39 is 5.97 Å². The fourth-order valence-electron chi connectivity index (χ4n) is 1.44. The number of carbonyl (C=O) groups is 1. The third-order valence-electron chi connectivity index (χ3n) is 2.24. The summed E-state index contributed by atoms with van der Waals surface area (Å²) in [4.78, 5) is 15.0. The molecule has 6 nitrogen and oxygen atoms in total. The molecule has 1 heterocycles. The number of rotatable bonds is 3. The molecule has 0 radical (unpaired) electrons. The number of carboxylic acid groups (broad SMARTS) is 1. The normalized spacial score (nSPS) is 14.5. The van der Waals surface area contributed by atoms with E-state index in [4.69, 9.17) is 5.11 Å². The van der Waals surface area contributed by atoms with E-state index >= 15 is 0 Å². The molecular formula is C11H12N4O2. The second-order valence-electron chi connectivity index (χ2n) is 3.42. The molecule has 1 aliphatic heterocycles.